The zero-order valence-electron chi connectivity index (χ0n) is 8.56. The summed E-state index contributed by atoms with van der Waals surface area (Å²) in [5, 5.41) is 0. The summed E-state index contributed by atoms with van der Waals surface area (Å²) in [7, 11) is -0.224. The number of carbonyl (C=O) groups is 1. The summed E-state index contributed by atoms with van der Waals surface area (Å²) in [6, 6.07) is 1.01. The minimum atomic E-state index is -4.76. The maximum Gasteiger partial charge on any atom is 0.333 e. The van der Waals surface area contributed by atoms with Crippen LogP contribution in [0.4, 0.5) is 3.89 Å². The summed E-state index contributed by atoms with van der Waals surface area (Å²) >= 11 is 0. The molecule has 1 rings (SSSR count). The van der Waals surface area contributed by atoms with Gasteiger partial charge in [-0.05, 0) is 6.07 Å². The molecule has 0 aliphatic heterocycles. The molecule has 0 aromatic carbocycles. The molecule has 1 aromatic heterocycles. The molecule has 1 amide bonds. The molecular formula is C8H11FN2O3S. The van der Waals surface area contributed by atoms with Gasteiger partial charge in [0.25, 0.3) is 5.91 Å². The first-order chi connectivity index (χ1) is 6.73. The van der Waals surface area contributed by atoms with Gasteiger partial charge in [-0.3, -0.25) is 4.79 Å². The zero-order chi connectivity index (χ0) is 11.8. The number of amides is 1. The summed E-state index contributed by atoms with van der Waals surface area (Å²) in [5.74, 6) is -0.382. The van der Waals surface area contributed by atoms with E-state index in [0.29, 0.717) is 0 Å². The number of aryl methyl sites for hydroxylation is 1. The van der Waals surface area contributed by atoms with Gasteiger partial charge < -0.3 is 9.47 Å². The first kappa shape index (κ1) is 11.7. The van der Waals surface area contributed by atoms with E-state index >= 15 is 0 Å². The Morgan fingerprint density at radius 2 is 2.00 bits per heavy atom. The fourth-order valence-electron chi connectivity index (χ4n) is 1.11. The molecule has 0 atom stereocenters. The largest absolute Gasteiger partial charge is 0.345 e. The molecule has 0 saturated heterocycles. The van der Waals surface area contributed by atoms with E-state index in [1.807, 2.05) is 0 Å². The molecule has 0 bridgehead atoms. The van der Waals surface area contributed by atoms with Gasteiger partial charge in [-0.1, -0.05) is 0 Å². The van der Waals surface area contributed by atoms with Crippen LogP contribution in [0.5, 0.6) is 0 Å². The van der Waals surface area contributed by atoms with E-state index in [-0.39, 0.29) is 11.6 Å². The van der Waals surface area contributed by atoms with E-state index in [0.717, 1.165) is 12.3 Å². The molecular weight excluding hydrogens is 223 g/mol. The standard InChI is InChI=1S/C8H11FN2O3S/c1-10(2)8(12)7-4-6(5-11(7)3)15(9,13)14/h4-5H,1-3H3. The quantitative estimate of drug-likeness (QED) is 0.695. The Morgan fingerprint density at radius 1 is 1.47 bits per heavy atom. The van der Waals surface area contributed by atoms with Crippen LogP contribution in [-0.2, 0) is 17.3 Å². The fourth-order valence-corrected chi connectivity index (χ4v) is 1.65. The van der Waals surface area contributed by atoms with E-state index in [4.69, 9.17) is 0 Å². The van der Waals surface area contributed by atoms with Gasteiger partial charge in [0, 0.05) is 27.3 Å². The number of carbonyl (C=O) groups excluding carboxylic acids is 1. The van der Waals surface area contributed by atoms with E-state index < -0.39 is 15.1 Å². The first-order valence-electron chi connectivity index (χ1n) is 4.06. The molecule has 5 nitrogen and oxygen atoms in total. The number of aromatic nitrogens is 1. The molecule has 84 valence electrons. The second-order valence-electron chi connectivity index (χ2n) is 3.31. The second kappa shape index (κ2) is 3.65. The summed E-state index contributed by atoms with van der Waals surface area (Å²) in [4.78, 5) is 12.3. The van der Waals surface area contributed by atoms with E-state index in [1.165, 1.54) is 30.6 Å². The Hall–Kier alpha value is -1.37. The van der Waals surface area contributed by atoms with Crippen LogP contribution in [0.15, 0.2) is 17.2 Å². The van der Waals surface area contributed by atoms with Crippen molar-refractivity contribution in [3.05, 3.63) is 18.0 Å². The van der Waals surface area contributed by atoms with Crippen molar-refractivity contribution in [1.82, 2.24) is 9.47 Å². The minimum absolute atomic E-state index is 0.122. The van der Waals surface area contributed by atoms with Gasteiger partial charge >= 0.3 is 10.2 Å². The van der Waals surface area contributed by atoms with Gasteiger partial charge in [0.05, 0.1) is 0 Å². The van der Waals surface area contributed by atoms with Gasteiger partial charge in [0.15, 0.2) is 0 Å². The van der Waals surface area contributed by atoms with Gasteiger partial charge in [-0.15, -0.1) is 3.89 Å². The van der Waals surface area contributed by atoms with Gasteiger partial charge in [0.1, 0.15) is 10.6 Å². The first-order valence-corrected chi connectivity index (χ1v) is 5.44. The molecule has 0 spiro atoms. The molecule has 0 unspecified atom stereocenters. The van der Waals surface area contributed by atoms with Crippen molar-refractivity contribution in [3.8, 4) is 0 Å². The smallest absolute Gasteiger partial charge is 0.333 e. The van der Waals surface area contributed by atoms with Crippen molar-refractivity contribution in [2.24, 2.45) is 7.05 Å². The minimum Gasteiger partial charge on any atom is -0.345 e. The Kier molecular flexibility index (Phi) is 2.85. The van der Waals surface area contributed by atoms with Gasteiger partial charge in [-0.2, -0.15) is 8.42 Å². The lowest BCUT2D eigenvalue weighted by Gasteiger charge is -2.09. The molecule has 15 heavy (non-hydrogen) atoms. The van der Waals surface area contributed by atoms with Crippen molar-refractivity contribution in [1.29, 1.82) is 0 Å². The highest BCUT2D eigenvalue weighted by Crippen LogP contribution is 2.16. The van der Waals surface area contributed by atoms with Crippen LogP contribution >= 0.6 is 0 Å². The third-order valence-electron chi connectivity index (χ3n) is 1.89. The van der Waals surface area contributed by atoms with Crippen molar-refractivity contribution in [2.75, 3.05) is 14.1 Å². The number of rotatable bonds is 2. The molecule has 1 heterocycles. The number of nitrogens with zero attached hydrogens (tertiary/aromatic N) is 2. The van der Waals surface area contributed by atoms with Crippen molar-refractivity contribution in [2.45, 2.75) is 4.90 Å². The Balaban J connectivity index is 3.25. The molecule has 0 radical (unpaired) electrons. The van der Waals surface area contributed by atoms with Crippen LogP contribution in [0, 0.1) is 0 Å². The Morgan fingerprint density at radius 3 is 2.33 bits per heavy atom. The molecule has 0 saturated carbocycles. The molecule has 0 aliphatic carbocycles. The van der Waals surface area contributed by atoms with Crippen LogP contribution in [0.2, 0.25) is 0 Å². The summed E-state index contributed by atoms with van der Waals surface area (Å²) in [6.45, 7) is 0. The molecule has 0 fully saturated rings. The maximum atomic E-state index is 12.6. The monoisotopic (exact) mass is 234 g/mol. The second-order valence-corrected chi connectivity index (χ2v) is 4.66. The van der Waals surface area contributed by atoms with E-state index in [9.17, 15) is 17.1 Å². The average molecular weight is 234 g/mol. The average Bonchev–Trinajstić information content (AvgIpc) is 2.45. The normalized spacial score (nSPS) is 11.5. The number of hydrogen-bond donors (Lipinski definition) is 0. The summed E-state index contributed by atoms with van der Waals surface area (Å²) in [6.07, 6.45) is 1.06. The van der Waals surface area contributed by atoms with Crippen molar-refractivity contribution in [3.63, 3.8) is 0 Å². The van der Waals surface area contributed by atoms with E-state index in [1.54, 1.807) is 0 Å². The third-order valence-corrected chi connectivity index (χ3v) is 2.67. The van der Waals surface area contributed by atoms with Crippen LogP contribution in [0.3, 0.4) is 0 Å². The highest BCUT2D eigenvalue weighted by atomic mass is 32.3. The highest BCUT2D eigenvalue weighted by molar-refractivity contribution is 7.86. The molecule has 7 heteroatoms. The summed E-state index contributed by atoms with van der Waals surface area (Å²) in [5.41, 5.74) is 0.122. The molecule has 0 N–H and O–H groups in total. The third kappa shape index (κ3) is 2.35. The fraction of sp³-hybridized carbons (Fsp3) is 0.375. The van der Waals surface area contributed by atoms with E-state index in [2.05, 4.69) is 0 Å². The van der Waals surface area contributed by atoms with Crippen molar-refractivity contribution < 1.29 is 17.1 Å². The van der Waals surface area contributed by atoms with Gasteiger partial charge in [-0.25, -0.2) is 0 Å². The topological polar surface area (TPSA) is 59.4 Å². The maximum absolute atomic E-state index is 12.6. The van der Waals surface area contributed by atoms with Gasteiger partial charge in [0.2, 0.25) is 0 Å². The lowest BCUT2D eigenvalue weighted by Crippen LogP contribution is -2.23. The highest BCUT2D eigenvalue weighted by Gasteiger charge is 2.20. The lowest BCUT2D eigenvalue weighted by atomic mass is 10.4. The van der Waals surface area contributed by atoms with Crippen LogP contribution in [0.25, 0.3) is 0 Å². The molecule has 0 aliphatic rings. The van der Waals surface area contributed by atoms with Crippen LogP contribution < -0.4 is 0 Å². The Labute approximate surface area is 87.3 Å². The number of hydrogen-bond acceptors (Lipinski definition) is 3. The van der Waals surface area contributed by atoms with Crippen LogP contribution in [0.1, 0.15) is 10.5 Å². The van der Waals surface area contributed by atoms with Crippen molar-refractivity contribution >= 4 is 16.1 Å². The SMILES string of the molecule is CN(C)C(=O)c1cc(S(=O)(=O)F)cn1C. The number of halogens is 1. The summed E-state index contributed by atoms with van der Waals surface area (Å²) < 4.78 is 35.1. The zero-order valence-corrected chi connectivity index (χ0v) is 9.38. The molecule has 1 aromatic rings. The Bertz CT molecular complexity index is 490. The van der Waals surface area contributed by atoms with Crippen LogP contribution in [-0.4, -0.2) is 37.9 Å². The lowest BCUT2D eigenvalue weighted by molar-refractivity contribution is 0.0818. The predicted molar refractivity (Wildman–Crippen MR) is 51.7 cm³/mol. The predicted octanol–water partition coefficient (Wildman–Crippen LogP) is 0.385.